The highest BCUT2D eigenvalue weighted by Crippen LogP contribution is 2.33. The van der Waals surface area contributed by atoms with Crippen LogP contribution in [0.1, 0.15) is 39.5 Å². The first-order valence-corrected chi connectivity index (χ1v) is 6.00. The molecule has 0 bridgehead atoms. The normalized spacial score (nSPS) is 35.5. The Morgan fingerprint density at radius 2 is 2.00 bits per heavy atom. The molecule has 1 saturated carbocycles. The zero-order valence-electron chi connectivity index (χ0n) is 8.80. The summed E-state index contributed by atoms with van der Waals surface area (Å²) in [7, 11) is 0. The molecule has 0 spiro atoms. The average molecular weight is 201 g/mol. The minimum atomic E-state index is 0.759. The summed E-state index contributed by atoms with van der Waals surface area (Å²) in [5.74, 6) is 3.42. The fourth-order valence-electron chi connectivity index (χ4n) is 2.12. The minimum absolute atomic E-state index is 0.759. The summed E-state index contributed by atoms with van der Waals surface area (Å²) in [5.41, 5.74) is 0. The van der Waals surface area contributed by atoms with E-state index < -0.39 is 0 Å². The molecule has 0 aromatic rings. The standard InChI is InChI=1S/C12H21Cl/c1-10-6-7-12(9-11(10)2)5-3-4-8-13/h3,5,10-12H,4,6-9H2,1-2H3. The molecular weight excluding hydrogens is 180 g/mol. The van der Waals surface area contributed by atoms with Gasteiger partial charge in [0.2, 0.25) is 0 Å². The van der Waals surface area contributed by atoms with Crippen LogP contribution < -0.4 is 0 Å². The second-order valence-electron chi connectivity index (χ2n) is 4.43. The van der Waals surface area contributed by atoms with Gasteiger partial charge in [-0.25, -0.2) is 0 Å². The lowest BCUT2D eigenvalue weighted by Gasteiger charge is -2.30. The molecule has 1 aliphatic carbocycles. The van der Waals surface area contributed by atoms with Gasteiger partial charge < -0.3 is 0 Å². The van der Waals surface area contributed by atoms with Crippen molar-refractivity contribution in [2.75, 3.05) is 5.88 Å². The van der Waals surface area contributed by atoms with Gasteiger partial charge >= 0.3 is 0 Å². The first kappa shape index (κ1) is 11.1. The van der Waals surface area contributed by atoms with Gasteiger partial charge in [0.25, 0.3) is 0 Å². The Bertz CT molecular complexity index is 163. The van der Waals surface area contributed by atoms with Crippen molar-refractivity contribution in [2.24, 2.45) is 17.8 Å². The van der Waals surface area contributed by atoms with E-state index in [4.69, 9.17) is 11.6 Å². The molecule has 1 rings (SSSR count). The lowest BCUT2D eigenvalue weighted by atomic mass is 9.76. The molecule has 0 aliphatic heterocycles. The summed E-state index contributed by atoms with van der Waals surface area (Å²) in [6, 6.07) is 0. The molecule has 0 heterocycles. The third-order valence-electron chi connectivity index (χ3n) is 3.32. The van der Waals surface area contributed by atoms with Crippen LogP contribution in [0.25, 0.3) is 0 Å². The highest BCUT2D eigenvalue weighted by Gasteiger charge is 2.22. The molecule has 76 valence electrons. The Labute approximate surface area is 87.4 Å². The van der Waals surface area contributed by atoms with Crippen LogP contribution in [-0.4, -0.2) is 5.88 Å². The SMILES string of the molecule is CC1CCC(C=CCCCl)CC1C. The minimum Gasteiger partial charge on any atom is -0.126 e. The van der Waals surface area contributed by atoms with E-state index >= 15 is 0 Å². The summed E-state index contributed by atoms with van der Waals surface area (Å²) >= 11 is 5.62. The van der Waals surface area contributed by atoms with Gasteiger partial charge in [0, 0.05) is 5.88 Å². The molecule has 1 heteroatoms. The highest BCUT2D eigenvalue weighted by atomic mass is 35.5. The van der Waals surface area contributed by atoms with Crippen LogP contribution in [-0.2, 0) is 0 Å². The van der Waals surface area contributed by atoms with Crippen LogP contribution in [0.4, 0.5) is 0 Å². The van der Waals surface area contributed by atoms with Crippen LogP contribution in [0.2, 0.25) is 0 Å². The van der Waals surface area contributed by atoms with Crippen molar-refractivity contribution in [3.63, 3.8) is 0 Å². The monoisotopic (exact) mass is 200 g/mol. The molecule has 1 aliphatic rings. The molecule has 0 aromatic heterocycles. The Morgan fingerprint density at radius 1 is 1.23 bits per heavy atom. The van der Waals surface area contributed by atoms with Gasteiger partial charge in [-0.2, -0.15) is 0 Å². The van der Waals surface area contributed by atoms with Gasteiger partial charge in [-0.1, -0.05) is 26.0 Å². The molecular formula is C12H21Cl. The lowest BCUT2D eigenvalue weighted by Crippen LogP contribution is -2.19. The zero-order chi connectivity index (χ0) is 9.68. The van der Waals surface area contributed by atoms with Gasteiger partial charge in [-0.3, -0.25) is 0 Å². The van der Waals surface area contributed by atoms with E-state index in [0.717, 1.165) is 30.1 Å². The largest absolute Gasteiger partial charge is 0.126 e. The zero-order valence-corrected chi connectivity index (χ0v) is 9.56. The smallest absolute Gasteiger partial charge is 0.0258 e. The van der Waals surface area contributed by atoms with Crippen molar-refractivity contribution < 1.29 is 0 Å². The van der Waals surface area contributed by atoms with Crippen molar-refractivity contribution in [2.45, 2.75) is 39.5 Å². The molecule has 3 unspecified atom stereocenters. The number of allylic oxidation sites excluding steroid dienone is 2. The second kappa shape index (κ2) is 5.70. The maximum Gasteiger partial charge on any atom is 0.0258 e. The molecule has 0 amide bonds. The van der Waals surface area contributed by atoms with Crippen molar-refractivity contribution in [1.29, 1.82) is 0 Å². The summed E-state index contributed by atoms with van der Waals surface area (Å²) in [5, 5.41) is 0. The van der Waals surface area contributed by atoms with Crippen LogP contribution in [0.5, 0.6) is 0 Å². The summed E-state index contributed by atoms with van der Waals surface area (Å²) < 4.78 is 0. The van der Waals surface area contributed by atoms with Crippen LogP contribution in [0, 0.1) is 17.8 Å². The Morgan fingerprint density at radius 3 is 2.62 bits per heavy atom. The summed E-state index contributed by atoms with van der Waals surface area (Å²) in [6.07, 6.45) is 9.81. The van der Waals surface area contributed by atoms with Crippen LogP contribution in [0.3, 0.4) is 0 Å². The average Bonchev–Trinajstić information content (AvgIpc) is 2.12. The molecule has 0 N–H and O–H groups in total. The molecule has 0 aromatic carbocycles. The van der Waals surface area contributed by atoms with Gasteiger partial charge in [0.1, 0.15) is 0 Å². The van der Waals surface area contributed by atoms with Crippen molar-refractivity contribution in [3.05, 3.63) is 12.2 Å². The molecule has 3 atom stereocenters. The maximum atomic E-state index is 5.62. The summed E-state index contributed by atoms with van der Waals surface area (Å²) in [6.45, 7) is 4.76. The van der Waals surface area contributed by atoms with Gasteiger partial charge in [0.15, 0.2) is 0 Å². The summed E-state index contributed by atoms with van der Waals surface area (Å²) in [4.78, 5) is 0. The Hall–Kier alpha value is 0.0300. The molecule has 13 heavy (non-hydrogen) atoms. The van der Waals surface area contributed by atoms with E-state index in [1.54, 1.807) is 0 Å². The molecule has 0 saturated heterocycles. The van der Waals surface area contributed by atoms with E-state index in [2.05, 4.69) is 26.0 Å². The van der Waals surface area contributed by atoms with Crippen LogP contribution >= 0.6 is 11.6 Å². The highest BCUT2D eigenvalue weighted by molar-refractivity contribution is 6.17. The third-order valence-corrected chi connectivity index (χ3v) is 3.54. The van der Waals surface area contributed by atoms with Crippen molar-refractivity contribution >= 4 is 11.6 Å². The predicted molar refractivity (Wildman–Crippen MR) is 60.1 cm³/mol. The second-order valence-corrected chi connectivity index (χ2v) is 4.81. The van der Waals surface area contributed by atoms with E-state index in [-0.39, 0.29) is 0 Å². The van der Waals surface area contributed by atoms with Gasteiger partial charge in [-0.15, -0.1) is 11.6 Å². The van der Waals surface area contributed by atoms with E-state index in [1.165, 1.54) is 19.3 Å². The topological polar surface area (TPSA) is 0 Å². The maximum absolute atomic E-state index is 5.62. The van der Waals surface area contributed by atoms with Gasteiger partial charge in [0.05, 0.1) is 0 Å². The fraction of sp³-hybridized carbons (Fsp3) is 0.833. The fourth-order valence-corrected chi connectivity index (χ4v) is 2.24. The van der Waals surface area contributed by atoms with Crippen molar-refractivity contribution in [3.8, 4) is 0 Å². The quantitative estimate of drug-likeness (QED) is 0.472. The third kappa shape index (κ3) is 3.72. The Balaban J connectivity index is 2.29. The first-order valence-electron chi connectivity index (χ1n) is 5.46. The first-order chi connectivity index (χ1) is 6.24. The van der Waals surface area contributed by atoms with E-state index in [9.17, 15) is 0 Å². The number of alkyl halides is 1. The number of hydrogen-bond donors (Lipinski definition) is 0. The number of halogens is 1. The number of hydrogen-bond acceptors (Lipinski definition) is 0. The number of rotatable bonds is 3. The predicted octanol–water partition coefficient (Wildman–Crippen LogP) is 4.24. The van der Waals surface area contributed by atoms with E-state index in [1.807, 2.05) is 0 Å². The van der Waals surface area contributed by atoms with Crippen LogP contribution in [0.15, 0.2) is 12.2 Å². The lowest BCUT2D eigenvalue weighted by molar-refractivity contribution is 0.236. The van der Waals surface area contributed by atoms with Gasteiger partial charge in [-0.05, 0) is 43.4 Å². The molecule has 0 nitrogen and oxygen atoms in total. The molecule has 0 radical (unpaired) electrons. The van der Waals surface area contributed by atoms with E-state index in [0.29, 0.717) is 0 Å². The molecule has 1 fully saturated rings. The Kier molecular flexibility index (Phi) is 4.87. The van der Waals surface area contributed by atoms with Crippen molar-refractivity contribution in [1.82, 2.24) is 0 Å².